The van der Waals surface area contributed by atoms with Crippen LogP contribution in [0.3, 0.4) is 0 Å². The zero-order valence-corrected chi connectivity index (χ0v) is 11.9. The van der Waals surface area contributed by atoms with Crippen LogP contribution < -0.4 is 0 Å². The second-order valence-corrected chi connectivity index (χ2v) is 6.24. The molecule has 1 aliphatic heterocycles. The predicted molar refractivity (Wildman–Crippen MR) is 74.1 cm³/mol. The van der Waals surface area contributed by atoms with Crippen molar-refractivity contribution in [1.82, 2.24) is 14.8 Å². The molecule has 1 amide bonds. The molecule has 6 nitrogen and oxygen atoms in total. The molecule has 0 aromatic carbocycles. The van der Waals surface area contributed by atoms with Gasteiger partial charge in [-0.3, -0.25) is 9.69 Å². The third-order valence-corrected chi connectivity index (χ3v) is 4.61. The maximum absolute atomic E-state index is 12.2. The molecule has 2 aliphatic rings. The molecule has 1 aromatic rings. The number of rotatable bonds is 4. The van der Waals surface area contributed by atoms with E-state index >= 15 is 0 Å². The molecule has 1 saturated heterocycles. The van der Waals surface area contributed by atoms with E-state index in [1.54, 1.807) is 4.90 Å². The Kier molecular flexibility index (Phi) is 3.71. The number of amides is 1. The van der Waals surface area contributed by atoms with Gasteiger partial charge in [0.15, 0.2) is 10.7 Å². The number of piperazine rings is 1. The van der Waals surface area contributed by atoms with E-state index in [2.05, 4.69) is 9.88 Å². The largest absolute Gasteiger partial charge is 0.476 e. The highest BCUT2D eigenvalue weighted by atomic mass is 32.1. The van der Waals surface area contributed by atoms with Crippen molar-refractivity contribution in [3.8, 4) is 0 Å². The van der Waals surface area contributed by atoms with Crippen molar-refractivity contribution in [3.05, 3.63) is 16.1 Å². The highest BCUT2D eigenvalue weighted by Crippen LogP contribution is 2.30. The minimum absolute atomic E-state index is 0.0503. The van der Waals surface area contributed by atoms with E-state index in [-0.39, 0.29) is 16.6 Å². The normalized spacial score (nSPS) is 20.1. The first-order valence-corrected chi connectivity index (χ1v) is 7.72. The molecular weight excluding hydrogens is 278 g/mol. The van der Waals surface area contributed by atoms with Gasteiger partial charge in [0.2, 0.25) is 0 Å². The number of hydrogen-bond acceptors (Lipinski definition) is 5. The van der Waals surface area contributed by atoms with Crippen LogP contribution in [0.25, 0.3) is 0 Å². The molecule has 1 aromatic heterocycles. The van der Waals surface area contributed by atoms with Crippen molar-refractivity contribution in [2.24, 2.45) is 5.92 Å². The summed E-state index contributed by atoms with van der Waals surface area (Å²) in [7, 11) is 0. The van der Waals surface area contributed by atoms with Crippen molar-refractivity contribution >= 4 is 23.2 Å². The first-order chi connectivity index (χ1) is 9.63. The number of aromatic nitrogens is 1. The van der Waals surface area contributed by atoms with Crippen molar-refractivity contribution < 1.29 is 14.7 Å². The van der Waals surface area contributed by atoms with Crippen LogP contribution in [-0.4, -0.2) is 64.5 Å². The van der Waals surface area contributed by atoms with E-state index in [9.17, 15) is 9.59 Å². The van der Waals surface area contributed by atoms with Crippen LogP contribution in [0.1, 0.15) is 33.1 Å². The first kappa shape index (κ1) is 13.5. The molecule has 0 bridgehead atoms. The molecular formula is C13H17N3O3S. The molecule has 2 fully saturated rings. The number of carbonyl (C=O) groups excluding carboxylic acids is 1. The highest BCUT2D eigenvalue weighted by Gasteiger charge is 2.28. The average molecular weight is 295 g/mol. The summed E-state index contributed by atoms with van der Waals surface area (Å²) in [6.07, 6.45) is 2.69. The Hall–Kier alpha value is -1.47. The Morgan fingerprint density at radius 2 is 2.00 bits per heavy atom. The fourth-order valence-electron chi connectivity index (χ4n) is 2.40. The molecule has 1 N–H and O–H groups in total. The van der Waals surface area contributed by atoms with E-state index in [1.165, 1.54) is 18.2 Å². The highest BCUT2D eigenvalue weighted by molar-refractivity contribution is 7.11. The number of carbonyl (C=O) groups is 2. The van der Waals surface area contributed by atoms with Gasteiger partial charge in [-0.25, -0.2) is 9.78 Å². The Bertz CT molecular complexity index is 519. The van der Waals surface area contributed by atoms with Gasteiger partial charge in [-0.2, -0.15) is 0 Å². The zero-order valence-electron chi connectivity index (χ0n) is 11.1. The minimum Gasteiger partial charge on any atom is -0.476 e. The molecule has 0 unspecified atom stereocenters. The zero-order chi connectivity index (χ0) is 14.1. The predicted octanol–water partition coefficient (Wildman–Crippen LogP) is 1.01. The molecule has 108 valence electrons. The van der Waals surface area contributed by atoms with Gasteiger partial charge in [0, 0.05) is 38.1 Å². The van der Waals surface area contributed by atoms with Gasteiger partial charge in [0.05, 0.1) is 0 Å². The first-order valence-electron chi connectivity index (χ1n) is 6.84. The van der Waals surface area contributed by atoms with Crippen LogP contribution >= 0.6 is 11.3 Å². The van der Waals surface area contributed by atoms with Gasteiger partial charge < -0.3 is 10.0 Å². The summed E-state index contributed by atoms with van der Waals surface area (Å²) in [4.78, 5) is 31.1. The van der Waals surface area contributed by atoms with Gasteiger partial charge in [-0.1, -0.05) is 0 Å². The molecule has 1 aliphatic carbocycles. The van der Waals surface area contributed by atoms with Gasteiger partial charge in [-0.15, -0.1) is 11.3 Å². The molecule has 2 heterocycles. The molecule has 1 saturated carbocycles. The summed E-state index contributed by atoms with van der Waals surface area (Å²) in [6.45, 7) is 4.36. The second-order valence-electron chi connectivity index (χ2n) is 5.38. The average Bonchev–Trinajstić information content (AvgIpc) is 3.11. The Morgan fingerprint density at radius 3 is 2.55 bits per heavy atom. The van der Waals surface area contributed by atoms with Crippen LogP contribution in [-0.2, 0) is 0 Å². The standard InChI is InChI=1S/C13H17N3O3S/c17-12(11-14-10(8-20-11)13(18)19)16-5-3-15(4-6-16)7-9-1-2-9/h8-9H,1-7H2,(H,18,19). The van der Waals surface area contributed by atoms with Gasteiger partial charge in [0.25, 0.3) is 5.91 Å². The lowest BCUT2D eigenvalue weighted by Gasteiger charge is -2.34. The fourth-order valence-corrected chi connectivity index (χ4v) is 3.16. The summed E-state index contributed by atoms with van der Waals surface area (Å²) in [5, 5.41) is 10.5. The number of hydrogen-bond donors (Lipinski definition) is 1. The van der Waals surface area contributed by atoms with Crippen LogP contribution in [0.4, 0.5) is 0 Å². The lowest BCUT2D eigenvalue weighted by molar-refractivity contribution is 0.0631. The molecule has 20 heavy (non-hydrogen) atoms. The third-order valence-electron chi connectivity index (χ3n) is 3.78. The van der Waals surface area contributed by atoms with Crippen molar-refractivity contribution in [3.63, 3.8) is 0 Å². The molecule has 3 rings (SSSR count). The van der Waals surface area contributed by atoms with Crippen LogP contribution in [0, 0.1) is 5.92 Å². The summed E-state index contributed by atoms with van der Waals surface area (Å²) in [5.41, 5.74) is -0.0503. The van der Waals surface area contributed by atoms with Crippen LogP contribution in [0.2, 0.25) is 0 Å². The van der Waals surface area contributed by atoms with Crippen LogP contribution in [0.15, 0.2) is 5.38 Å². The van der Waals surface area contributed by atoms with E-state index in [0.29, 0.717) is 13.1 Å². The third kappa shape index (κ3) is 2.99. The maximum Gasteiger partial charge on any atom is 0.355 e. The summed E-state index contributed by atoms with van der Waals surface area (Å²) in [6, 6.07) is 0. The van der Waals surface area contributed by atoms with E-state index in [1.807, 2.05) is 0 Å². The van der Waals surface area contributed by atoms with E-state index in [4.69, 9.17) is 5.11 Å². The maximum atomic E-state index is 12.2. The van der Waals surface area contributed by atoms with Crippen LogP contribution in [0.5, 0.6) is 0 Å². The minimum atomic E-state index is -1.09. The fraction of sp³-hybridized carbons (Fsp3) is 0.615. The van der Waals surface area contributed by atoms with Gasteiger partial charge in [0.1, 0.15) is 0 Å². The van der Waals surface area contributed by atoms with Crippen molar-refractivity contribution in [2.75, 3.05) is 32.7 Å². The lowest BCUT2D eigenvalue weighted by atomic mass is 10.3. The summed E-state index contributed by atoms with van der Waals surface area (Å²) < 4.78 is 0. The number of carboxylic acids is 1. The number of aromatic carboxylic acids is 1. The van der Waals surface area contributed by atoms with Crippen molar-refractivity contribution in [2.45, 2.75) is 12.8 Å². The topological polar surface area (TPSA) is 73.7 Å². The Morgan fingerprint density at radius 1 is 1.30 bits per heavy atom. The number of carboxylic acid groups (broad SMARTS) is 1. The summed E-state index contributed by atoms with van der Waals surface area (Å²) >= 11 is 1.10. The van der Waals surface area contributed by atoms with E-state index < -0.39 is 5.97 Å². The molecule has 0 atom stereocenters. The summed E-state index contributed by atoms with van der Waals surface area (Å²) in [5.74, 6) is -0.363. The molecule has 0 radical (unpaired) electrons. The van der Waals surface area contributed by atoms with Gasteiger partial charge >= 0.3 is 5.97 Å². The Labute approximate surface area is 121 Å². The smallest absolute Gasteiger partial charge is 0.355 e. The van der Waals surface area contributed by atoms with Gasteiger partial charge in [-0.05, 0) is 18.8 Å². The Balaban J connectivity index is 1.56. The quantitative estimate of drug-likeness (QED) is 0.897. The number of thiazole rings is 1. The second kappa shape index (κ2) is 5.49. The van der Waals surface area contributed by atoms with E-state index in [0.717, 1.165) is 36.9 Å². The lowest BCUT2D eigenvalue weighted by Crippen LogP contribution is -2.49. The van der Waals surface area contributed by atoms with Crippen molar-refractivity contribution in [1.29, 1.82) is 0 Å². The molecule has 7 heteroatoms. The molecule has 0 spiro atoms. The monoisotopic (exact) mass is 295 g/mol. The SMILES string of the molecule is O=C(O)c1csc(C(=O)N2CCN(CC3CC3)CC2)n1. The number of nitrogens with zero attached hydrogens (tertiary/aromatic N) is 3.